The Balaban J connectivity index is 2.08. The zero-order valence-corrected chi connectivity index (χ0v) is 11.7. The lowest BCUT2D eigenvalue weighted by Crippen LogP contribution is -2.32. The van der Waals surface area contributed by atoms with Crippen LogP contribution in [0.4, 0.5) is 11.8 Å². The molecule has 0 fully saturated rings. The lowest BCUT2D eigenvalue weighted by Gasteiger charge is -2.10. The fourth-order valence-electron chi connectivity index (χ4n) is 1.77. The van der Waals surface area contributed by atoms with E-state index in [0.29, 0.717) is 18.3 Å². The van der Waals surface area contributed by atoms with Crippen molar-refractivity contribution < 1.29 is 4.79 Å². The summed E-state index contributed by atoms with van der Waals surface area (Å²) in [6.45, 7) is 4.92. The van der Waals surface area contributed by atoms with Gasteiger partial charge in [0.25, 0.3) is 0 Å². The van der Waals surface area contributed by atoms with Crippen LogP contribution in [0.1, 0.15) is 13.8 Å². The number of carbonyl (C=O) groups is 1. The Morgan fingerprint density at radius 3 is 2.80 bits per heavy atom. The molecule has 0 saturated heterocycles. The molecule has 0 atom stereocenters. The molecule has 0 aliphatic rings. The number of nitrogens with one attached hydrogen (secondary N) is 2. The van der Waals surface area contributed by atoms with Gasteiger partial charge in [-0.1, -0.05) is 26.0 Å². The number of nitrogens with two attached hydrogens (primary N) is 1. The predicted molar refractivity (Wildman–Crippen MR) is 80.3 cm³/mol. The van der Waals surface area contributed by atoms with Crippen LogP contribution in [0.5, 0.6) is 0 Å². The molecule has 2 rings (SSSR count). The van der Waals surface area contributed by atoms with Crippen LogP contribution in [0.15, 0.2) is 24.3 Å². The monoisotopic (exact) mass is 273 g/mol. The molecule has 1 heterocycles. The van der Waals surface area contributed by atoms with Crippen LogP contribution < -0.4 is 16.4 Å². The first-order chi connectivity index (χ1) is 9.56. The summed E-state index contributed by atoms with van der Waals surface area (Å²) in [4.78, 5) is 20.0. The average molecular weight is 273 g/mol. The zero-order valence-electron chi connectivity index (χ0n) is 11.7. The Kier molecular flexibility index (Phi) is 4.34. The lowest BCUT2D eigenvalue weighted by atomic mass is 10.2. The Morgan fingerprint density at radius 1 is 1.30 bits per heavy atom. The molecule has 0 saturated carbocycles. The smallest absolute Gasteiger partial charge is 0.239 e. The number of aromatic nitrogens is 2. The van der Waals surface area contributed by atoms with Gasteiger partial charge in [0, 0.05) is 11.9 Å². The van der Waals surface area contributed by atoms with Crippen molar-refractivity contribution in [3.8, 4) is 0 Å². The van der Waals surface area contributed by atoms with Crippen molar-refractivity contribution in [1.82, 2.24) is 15.3 Å². The number of carbonyl (C=O) groups excluding carboxylic acids is 1. The molecule has 0 bridgehead atoms. The summed E-state index contributed by atoms with van der Waals surface area (Å²) >= 11 is 0. The SMILES string of the molecule is CC(C)CNC(=O)CNc1nc(N)nc2ccccc12. The number of nitrogens with zero attached hydrogens (tertiary/aromatic N) is 2. The fraction of sp³-hybridized carbons (Fsp3) is 0.357. The summed E-state index contributed by atoms with van der Waals surface area (Å²) in [5.74, 6) is 1.12. The number of para-hydroxylation sites is 1. The number of amides is 1. The summed E-state index contributed by atoms with van der Waals surface area (Å²) < 4.78 is 0. The molecule has 0 aliphatic heterocycles. The first kappa shape index (κ1) is 14.0. The lowest BCUT2D eigenvalue weighted by molar-refractivity contribution is -0.119. The minimum atomic E-state index is -0.0695. The Morgan fingerprint density at radius 2 is 2.05 bits per heavy atom. The van der Waals surface area contributed by atoms with Crippen molar-refractivity contribution in [2.24, 2.45) is 5.92 Å². The minimum absolute atomic E-state index is 0.0695. The Labute approximate surface area is 117 Å². The summed E-state index contributed by atoms with van der Waals surface area (Å²) in [5.41, 5.74) is 6.42. The molecule has 4 N–H and O–H groups in total. The molecule has 6 heteroatoms. The van der Waals surface area contributed by atoms with Crippen molar-refractivity contribution in [2.75, 3.05) is 24.1 Å². The average Bonchev–Trinajstić information content (AvgIpc) is 2.42. The first-order valence-electron chi connectivity index (χ1n) is 6.59. The van der Waals surface area contributed by atoms with E-state index in [9.17, 15) is 4.79 Å². The highest BCUT2D eigenvalue weighted by molar-refractivity contribution is 5.91. The second-order valence-corrected chi connectivity index (χ2v) is 5.00. The van der Waals surface area contributed by atoms with Gasteiger partial charge in [-0.3, -0.25) is 4.79 Å². The third-order valence-corrected chi connectivity index (χ3v) is 2.74. The third kappa shape index (κ3) is 3.57. The van der Waals surface area contributed by atoms with Crippen LogP contribution in [0.2, 0.25) is 0 Å². The minimum Gasteiger partial charge on any atom is -0.368 e. The highest BCUT2D eigenvalue weighted by Crippen LogP contribution is 2.20. The van der Waals surface area contributed by atoms with Crippen LogP contribution in [-0.2, 0) is 4.79 Å². The number of fused-ring (bicyclic) bond motifs is 1. The van der Waals surface area contributed by atoms with Gasteiger partial charge in [0.1, 0.15) is 5.82 Å². The molecular weight excluding hydrogens is 254 g/mol. The van der Waals surface area contributed by atoms with Crippen LogP contribution in [-0.4, -0.2) is 29.0 Å². The Hall–Kier alpha value is -2.37. The van der Waals surface area contributed by atoms with Gasteiger partial charge in [-0.05, 0) is 18.1 Å². The molecule has 1 amide bonds. The molecule has 1 aromatic heterocycles. The van der Waals surface area contributed by atoms with E-state index in [2.05, 4.69) is 20.6 Å². The maximum absolute atomic E-state index is 11.7. The topological polar surface area (TPSA) is 92.9 Å². The maximum Gasteiger partial charge on any atom is 0.239 e. The van der Waals surface area contributed by atoms with E-state index in [1.54, 1.807) is 0 Å². The van der Waals surface area contributed by atoms with Crippen molar-refractivity contribution >= 4 is 28.6 Å². The van der Waals surface area contributed by atoms with Crippen LogP contribution in [0.25, 0.3) is 10.9 Å². The van der Waals surface area contributed by atoms with E-state index < -0.39 is 0 Å². The number of nitrogen functional groups attached to an aromatic ring is 1. The predicted octanol–water partition coefficient (Wildman–Crippen LogP) is 1.40. The maximum atomic E-state index is 11.7. The van der Waals surface area contributed by atoms with Crippen LogP contribution in [0.3, 0.4) is 0 Å². The molecule has 0 radical (unpaired) electrons. The molecule has 2 aromatic rings. The van der Waals surface area contributed by atoms with E-state index in [1.807, 2.05) is 38.1 Å². The molecule has 106 valence electrons. The van der Waals surface area contributed by atoms with Crippen molar-refractivity contribution in [1.29, 1.82) is 0 Å². The van der Waals surface area contributed by atoms with Gasteiger partial charge in [-0.15, -0.1) is 0 Å². The third-order valence-electron chi connectivity index (χ3n) is 2.74. The van der Waals surface area contributed by atoms with Crippen molar-refractivity contribution in [2.45, 2.75) is 13.8 Å². The number of rotatable bonds is 5. The van der Waals surface area contributed by atoms with E-state index in [-0.39, 0.29) is 18.4 Å². The number of hydrogen-bond donors (Lipinski definition) is 3. The summed E-state index contributed by atoms with van der Waals surface area (Å²) in [6.07, 6.45) is 0. The fourth-order valence-corrected chi connectivity index (χ4v) is 1.77. The zero-order chi connectivity index (χ0) is 14.5. The van der Waals surface area contributed by atoms with Gasteiger partial charge in [0.05, 0.1) is 12.1 Å². The van der Waals surface area contributed by atoms with Gasteiger partial charge in [-0.25, -0.2) is 4.98 Å². The second kappa shape index (κ2) is 6.18. The Bertz CT molecular complexity index is 612. The van der Waals surface area contributed by atoms with Crippen molar-refractivity contribution in [3.05, 3.63) is 24.3 Å². The van der Waals surface area contributed by atoms with Gasteiger partial charge in [0.2, 0.25) is 11.9 Å². The summed E-state index contributed by atoms with van der Waals surface area (Å²) in [6, 6.07) is 7.53. The van der Waals surface area contributed by atoms with E-state index in [0.717, 1.165) is 10.9 Å². The highest BCUT2D eigenvalue weighted by atomic mass is 16.1. The highest BCUT2D eigenvalue weighted by Gasteiger charge is 2.07. The molecule has 0 unspecified atom stereocenters. The summed E-state index contributed by atoms with van der Waals surface area (Å²) in [5, 5.41) is 6.69. The molecule has 20 heavy (non-hydrogen) atoms. The molecule has 6 nitrogen and oxygen atoms in total. The van der Waals surface area contributed by atoms with Gasteiger partial charge in [0.15, 0.2) is 0 Å². The number of anilines is 2. The number of hydrogen-bond acceptors (Lipinski definition) is 5. The standard InChI is InChI=1S/C14H19N5O/c1-9(2)7-16-12(20)8-17-13-10-5-3-4-6-11(10)18-14(15)19-13/h3-6,9H,7-8H2,1-2H3,(H,16,20)(H3,15,17,18,19). The van der Waals surface area contributed by atoms with E-state index >= 15 is 0 Å². The van der Waals surface area contributed by atoms with Crippen LogP contribution >= 0.6 is 0 Å². The molecular formula is C14H19N5O. The normalized spacial score (nSPS) is 10.8. The van der Waals surface area contributed by atoms with Crippen molar-refractivity contribution in [3.63, 3.8) is 0 Å². The van der Waals surface area contributed by atoms with Crippen LogP contribution in [0, 0.1) is 5.92 Å². The molecule has 0 aliphatic carbocycles. The second-order valence-electron chi connectivity index (χ2n) is 5.00. The van der Waals surface area contributed by atoms with Gasteiger partial charge >= 0.3 is 0 Å². The quantitative estimate of drug-likeness (QED) is 0.765. The van der Waals surface area contributed by atoms with Gasteiger partial charge < -0.3 is 16.4 Å². The number of benzene rings is 1. The summed E-state index contributed by atoms with van der Waals surface area (Å²) in [7, 11) is 0. The molecule has 0 spiro atoms. The first-order valence-corrected chi connectivity index (χ1v) is 6.59. The van der Waals surface area contributed by atoms with E-state index in [4.69, 9.17) is 5.73 Å². The van der Waals surface area contributed by atoms with E-state index in [1.165, 1.54) is 0 Å². The largest absolute Gasteiger partial charge is 0.368 e. The molecule has 1 aromatic carbocycles. The van der Waals surface area contributed by atoms with Gasteiger partial charge in [-0.2, -0.15) is 4.98 Å².